The first-order chi connectivity index (χ1) is 13.7. The van der Waals surface area contributed by atoms with Crippen LogP contribution in [0.2, 0.25) is 0 Å². The van der Waals surface area contributed by atoms with Crippen LogP contribution in [-0.2, 0) is 4.79 Å². The van der Waals surface area contributed by atoms with Crippen LogP contribution in [0.5, 0.6) is 0 Å². The van der Waals surface area contributed by atoms with Gasteiger partial charge >= 0.3 is 0 Å². The minimum Gasteiger partial charge on any atom is -0.351 e. The lowest BCUT2D eigenvalue weighted by atomic mass is 10.2. The second-order valence-electron chi connectivity index (χ2n) is 6.18. The first kappa shape index (κ1) is 18.4. The van der Waals surface area contributed by atoms with Crippen molar-refractivity contribution >= 4 is 51.2 Å². The molecule has 0 saturated carbocycles. The molecule has 1 aromatic carbocycles. The highest BCUT2D eigenvalue weighted by atomic mass is 32.1. The Morgan fingerprint density at radius 1 is 1.07 bits per heavy atom. The number of imidazole rings is 1. The van der Waals surface area contributed by atoms with Crippen molar-refractivity contribution in [3.63, 3.8) is 0 Å². The number of aromatic nitrogens is 2. The van der Waals surface area contributed by atoms with Gasteiger partial charge in [0.15, 0.2) is 0 Å². The molecule has 8 heteroatoms. The van der Waals surface area contributed by atoms with Gasteiger partial charge in [-0.15, -0.1) is 22.7 Å². The van der Waals surface area contributed by atoms with Gasteiger partial charge in [0.05, 0.1) is 20.8 Å². The molecule has 0 spiro atoms. The third-order valence-electron chi connectivity index (χ3n) is 4.13. The minimum atomic E-state index is -0.0957. The second-order valence-corrected chi connectivity index (χ2v) is 8.07. The van der Waals surface area contributed by atoms with Gasteiger partial charge in [0.2, 0.25) is 5.91 Å². The predicted molar refractivity (Wildman–Crippen MR) is 114 cm³/mol. The average Bonchev–Trinajstić information content (AvgIpc) is 3.45. The molecule has 0 saturated heterocycles. The fourth-order valence-corrected chi connectivity index (χ4v) is 4.10. The molecule has 3 N–H and O–H groups in total. The van der Waals surface area contributed by atoms with Crippen LogP contribution < -0.4 is 10.6 Å². The number of rotatable bonds is 7. The molecule has 0 aliphatic heterocycles. The number of benzene rings is 1. The van der Waals surface area contributed by atoms with Crippen molar-refractivity contribution in [1.82, 2.24) is 15.3 Å². The molecule has 0 aliphatic carbocycles. The number of hydrogen-bond donors (Lipinski definition) is 3. The molecule has 4 rings (SSSR count). The van der Waals surface area contributed by atoms with Crippen LogP contribution in [0, 0.1) is 0 Å². The summed E-state index contributed by atoms with van der Waals surface area (Å²) in [5, 5.41) is 9.60. The Labute approximate surface area is 169 Å². The Morgan fingerprint density at radius 3 is 2.71 bits per heavy atom. The average molecular weight is 411 g/mol. The highest BCUT2D eigenvalue weighted by Crippen LogP contribution is 2.26. The van der Waals surface area contributed by atoms with E-state index in [0.717, 1.165) is 27.4 Å². The first-order valence-corrected chi connectivity index (χ1v) is 10.6. The Bertz CT molecular complexity index is 1090. The number of carbonyl (C=O) groups is 2. The lowest BCUT2D eigenvalue weighted by molar-refractivity contribution is -0.116. The fourth-order valence-electron chi connectivity index (χ4n) is 2.79. The number of anilines is 1. The number of amides is 2. The fraction of sp³-hybridized carbons (Fsp3) is 0.150. The van der Waals surface area contributed by atoms with Crippen molar-refractivity contribution in [1.29, 1.82) is 0 Å². The topological polar surface area (TPSA) is 86.9 Å². The molecular formula is C20H18N4O2S2. The molecule has 142 valence electrons. The van der Waals surface area contributed by atoms with E-state index in [2.05, 4.69) is 20.6 Å². The maximum atomic E-state index is 12.2. The molecule has 0 bridgehead atoms. The highest BCUT2D eigenvalue weighted by molar-refractivity contribution is 7.13. The van der Waals surface area contributed by atoms with Crippen molar-refractivity contribution in [3.8, 4) is 10.7 Å². The molecule has 3 aromatic heterocycles. The molecule has 3 heterocycles. The Morgan fingerprint density at radius 2 is 1.93 bits per heavy atom. The van der Waals surface area contributed by atoms with E-state index in [0.29, 0.717) is 24.3 Å². The summed E-state index contributed by atoms with van der Waals surface area (Å²) < 4.78 is 0. The Hall–Kier alpha value is -2.97. The molecule has 0 unspecified atom stereocenters. The zero-order valence-corrected chi connectivity index (χ0v) is 16.5. The smallest absolute Gasteiger partial charge is 0.261 e. The van der Waals surface area contributed by atoms with Gasteiger partial charge in [0.25, 0.3) is 5.91 Å². The summed E-state index contributed by atoms with van der Waals surface area (Å²) >= 11 is 3.03. The van der Waals surface area contributed by atoms with Gasteiger partial charge in [0.1, 0.15) is 5.82 Å². The maximum Gasteiger partial charge on any atom is 0.261 e. The largest absolute Gasteiger partial charge is 0.351 e. The van der Waals surface area contributed by atoms with E-state index in [1.54, 1.807) is 17.4 Å². The van der Waals surface area contributed by atoms with Gasteiger partial charge in [-0.1, -0.05) is 12.1 Å². The molecule has 0 atom stereocenters. The summed E-state index contributed by atoms with van der Waals surface area (Å²) in [7, 11) is 0. The number of fused-ring (bicyclic) bond motifs is 1. The lowest BCUT2D eigenvalue weighted by Gasteiger charge is -2.06. The zero-order valence-electron chi connectivity index (χ0n) is 14.9. The quantitative estimate of drug-likeness (QED) is 0.392. The van der Waals surface area contributed by atoms with E-state index in [-0.39, 0.29) is 11.8 Å². The normalized spacial score (nSPS) is 10.9. The van der Waals surface area contributed by atoms with E-state index < -0.39 is 0 Å². The number of nitrogens with one attached hydrogen (secondary N) is 3. The minimum absolute atomic E-state index is 0.0808. The van der Waals surface area contributed by atoms with Crippen molar-refractivity contribution < 1.29 is 9.59 Å². The highest BCUT2D eigenvalue weighted by Gasteiger charge is 2.09. The summed E-state index contributed by atoms with van der Waals surface area (Å²) in [4.78, 5) is 33.6. The number of nitrogens with zero attached hydrogens (tertiary/aromatic N) is 1. The van der Waals surface area contributed by atoms with Gasteiger partial charge in [0, 0.05) is 18.7 Å². The Kier molecular flexibility index (Phi) is 5.50. The van der Waals surface area contributed by atoms with E-state index in [9.17, 15) is 9.59 Å². The number of carbonyl (C=O) groups excluding carboxylic acids is 2. The summed E-state index contributed by atoms with van der Waals surface area (Å²) in [5.74, 6) is 0.652. The molecule has 2 amide bonds. The van der Waals surface area contributed by atoms with E-state index in [1.807, 2.05) is 47.2 Å². The van der Waals surface area contributed by atoms with Crippen LogP contribution in [0.1, 0.15) is 22.5 Å². The third kappa shape index (κ3) is 4.29. The van der Waals surface area contributed by atoms with Crippen molar-refractivity contribution in [2.24, 2.45) is 0 Å². The van der Waals surface area contributed by atoms with Crippen LogP contribution in [0.15, 0.2) is 53.2 Å². The summed E-state index contributed by atoms with van der Waals surface area (Å²) in [6.45, 7) is 0.466. The van der Waals surface area contributed by atoms with E-state index in [4.69, 9.17) is 0 Å². The molecule has 0 aliphatic rings. The number of hydrogen-bond acceptors (Lipinski definition) is 5. The Balaban J connectivity index is 1.29. The third-order valence-corrected chi connectivity index (χ3v) is 5.88. The van der Waals surface area contributed by atoms with Gasteiger partial charge in [-0.05, 0) is 47.5 Å². The van der Waals surface area contributed by atoms with Crippen LogP contribution >= 0.6 is 22.7 Å². The molecule has 0 radical (unpaired) electrons. The monoisotopic (exact) mass is 410 g/mol. The summed E-state index contributed by atoms with van der Waals surface area (Å²) in [5.41, 5.74) is 2.46. The maximum absolute atomic E-state index is 12.2. The molecule has 0 fully saturated rings. The second kappa shape index (κ2) is 8.37. The standard InChI is InChI=1S/C20H18N4O2S2/c25-18(6-1-9-21-20(26)17-5-3-11-28-17)22-13-7-8-14-15(12-13)24-19(23-14)16-4-2-10-27-16/h2-5,7-8,10-12H,1,6,9H2,(H,21,26)(H,22,25)(H,23,24). The molecule has 4 aromatic rings. The molecule has 28 heavy (non-hydrogen) atoms. The van der Waals surface area contributed by atoms with Crippen LogP contribution in [0.25, 0.3) is 21.7 Å². The van der Waals surface area contributed by atoms with Crippen LogP contribution in [0.3, 0.4) is 0 Å². The van der Waals surface area contributed by atoms with Crippen LogP contribution in [-0.4, -0.2) is 28.3 Å². The van der Waals surface area contributed by atoms with Gasteiger partial charge < -0.3 is 15.6 Å². The van der Waals surface area contributed by atoms with E-state index >= 15 is 0 Å². The van der Waals surface area contributed by atoms with Crippen LogP contribution in [0.4, 0.5) is 5.69 Å². The zero-order chi connectivity index (χ0) is 19.3. The van der Waals surface area contributed by atoms with Gasteiger partial charge in [-0.2, -0.15) is 0 Å². The summed E-state index contributed by atoms with van der Waals surface area (Å²) in [6.07, 6.45) is 0.921. The lowest BCUT2D eigenvalue weighted by Crippen LogP contribution is -2.24. The number of aromatic amines is 1. The van der Waals surface area contributed by atoms with Crippen molar-refractivity contribution in [2.75, 3.05) is 11.9 Å². The predicted octanol–water partition coefficient (Wildman–Crippen LogP) is 4.50. The van der Waals surface area contributed by atoms with Gasteiger partial charge in [-0.3, -0.25) is 9.59 Å². The number of thiophene rings is 2. The van der Waals surface area contributed by atoms with Crippen molar-refractivity contribution in [2.45, 2.75) is 12.8 Å². The summed E-state index contributed by atoms with van der Waals surface area (Å²) in [6, 6.07) is 13.2. The van der Waals surface area contributed by atoms with Crippen molar-refractivity contribution in [3.05, 3.63) is 58.1 Å². The number of H-pyrrole nitrogens is 1. The molecule has 6 nitrogen and oxygen atoms in total. The van der Waals surface area contributed by atoms with E-state index in [1.165, 1.54) is 11.3 Å². The first-order valence-electron chi connectivity index (χ1n) is 8.84. The van der Waals surface area contributed by atoms with Gasteiger partial charge in [-0.25, -0.2) is 4.98 Å². The molecular weight excluding hydrogens is 392 g/mol. The SMILES string of the molecule is O=C(CCCNC(=O)c1cccs1)Nc1ccc2nc(-c3cccs3)[nH]c2c1.